The molecular formula is C12H21N5OS. The Bertz CT molecular complexity index is 414. The van der Waals surface area contributed by atoms with E-state index in [0.29, 0.717) is 18.3 Å². The Balaban J connectivity index is 1.75. The number of carbonyl (C=O) groups is 1. The van der Waals surface area contributed by atoms with Gasteiger partial charge in [-0.15, -0.1) is 5.10 Å². The van der Waals surface area contributed by atoms with E-state index in [1.54, 1.807) is 6.20 Å². The zero-order chi connectivity index (χ0) is 13.7. The van der Waals surface area contributed by atoms with Crippen LogP contribution in [-0.2, 0) is 17.9 Å². The highest BCUT2D eigenvalue weighted by Gasteiger charge is 2.21. The van der Waals surface area contributed by atoms with Crippen LogP contribution < -0.4 is 11.1 Å². The summed E-state index contributed by atoms with van der Waals surface area (Å²) in [5, 5.41) is 11.6. The van der Waals surface area contributed by atoms with Crippen molar-refractivity contribution in [2.75, 3.05) is 6.26 Å². The SMILES string of the molecule is CSC1CCC(NC(=O)Cn2cc(CN)nn2)CC1. The molecule has 0 bridgehead atoms. The average molecular weight is 283 g/mol. The Morgan fingerprint density at radius 1 is 1.53 bits per heavy atom. The predicted octanol–water partition coefficient (Wildman–Crippen LogP) is 0.527. The van der Waals surface area contributed by atoms with Gasteiger partial charge in [-0.25, -0.2) is 4.68 Å². The van der Waals surface area contributed by atoms with Gasteiger partial charge < -0.3 is 11.1 Å². The van der Waals surface area contributed by atoms with E-state index in [2.05, 4.69) is 21.9 Å². The summed E-state index contributed by atoms with van der Waals surface area (Å²) in [7, 11) is 0. The molecule has 1 aromatic heterocycles. The van der Waals surface area contributed by atoms with Crippen LogP contribution in [0, 0.1) is 0 Å². The molecule has 0 radical (unpaired) electrons. The minimum atomic E-state index is 0.000993. The number of thioether (sulfide) groups is 1. The van der Waals surface area contributed by atoms with Gasteiger partial charge in [-0.3, -0.25) is 4.79 Å². The van der Waals surface area contributed by atoms with Crippen molar-refractivity contribution in [2.24, 2.45) is 5.73 Å². The van der Waals surface area contributed by atoms with Gasteiger partial charge in [0, 0.05) is 17.8 Å². The lowest BCUT2D eigenvalue weighted by Gasteiger charge is -2.27. The summed E-state index contributed by atoms with van der Waals surface area (Å²) in [4.78, 5) is 11.9. The molecule has 3 N–H and O–H groups in total. The fraction of sp³-hybridized carbons (Fsp3) is 0.750. The summed E-state index contributed by atoms with van der Waals surface area (Å²) in [5.74, 6) is 0.000993. The largest absolute Gasteiger partial charge is 0.352 e. The van der Waals surface area contributed by atoms with Gasteiger partial charge in [0.1, 0.15) is 6.54 Å². The highest BCUT2D eigenvalue weighted by molar-refractivity contribution is 7.99. The first-order valence-corrected chi connectivity index (χ1v) is 7.91. The van der Waals surface area contributed by atoms with Crippen molar-refractivity contribution in [3.8, 4) is 0 Å². The Kier molecular flexibility index (Phi) is 5.21. The monoisotopic (exact) mass is 283 g/mol. The third-order valence-corrected chi connectivity index (χ3v) is 4.61. The molecule has 2 rings (SSSR count). The summed E-state index contributed by atoms with van der Waals surface area (Å²) in [6.07, 6.45) is 8.39. The van der Waals surface area contributed by atoms with Gasteiger partial charge in [-0.05, 0) is 31.9 Å². The Morgan fingerprint density at radius 2 is 2.26 bits per heavy atom. The van der Waals surface area contributed by atoms with Crippen molar-refractivity contribution in [3.63, 3.8) is 0 Å². The van der Waals surface area contributed by atoms with Crippen LogP contribution in [0.2, 0.25) is 0 Å². The normalized spacial score (nSPS) is 23.3. The Morgan fingerprint density at radius 3 is 2.84 bits per heavy atom. The number of rotatable bonds is 5. The van der Waals surface area contributed by atoms with Gasteiger partial charge in [0.25, 0.3) is 0 Å². The lowest BCUT2D eigenvalue weighted by Crippen LogP contribution is -2.39. The van der Waals surface area contributed by atoms with Crippen LogP contribution in [0.4, 0.5) is 0 Å². The quantitative estimate of drug-likeness (QED) is 0.823. The molecule has 0 aromatic carbocycles. The Hall–Kier alpha value is -1.08. The number of amides is 1. The second-order valence-electron chi connectivity index (χ2n) is 4.89. The molecule has 1 fully saturated rings. The number of nitrogens with one attached hydrogen (secondary N) is 1. The standard InChI is InChI=1S/C12H21N5OS/c1-19-11-4-2-9(3-5-11)14-12(18)8-17-7-10(6-13)15-16-17/h7,9,11H,2-6,8,13H2,1H3,(H,14,18). The molecule has 0 atom stereocenters. The number of nitrogens with two attached hydrogens (primary N) is 1. The van der Waals surface area contributed by atoms with E-state index in [1.165, 1.54) is 17.5 Å². The molecule has 1 aliphatic carbocycles. The van der Waals surface area contributed by atoms with Gasteiger partial charge in [0.05, 0.1) is 11.9 Å². The van der Waals surface area contributed by atoms with Crippen molar-refractivity contribution >= 4 is 17.7 Å². The summed E-state index contributed by atoms with van der Waals surface area (Å²) < 4.78 is 1.53. The molecule has 1 saturated carbocycles. The van der Waals surface area contributed by atoms with Gasteiger partial charge in [0.15, 0.2) is 0 Å². The van der Waals surface area contributed by atoms with E-state index >= 15 is 0 Å². The van der Waals surface area contributed by atoms with Crippen molar-refractivity contribution in [1.82, 2.24) is 20.3 Å². The van der Waals surface area contributed by atoms with Gasteiger partial charge >= 0.3 is 0 Å². The van der Waals surface area contributed by atoms with Crippen molar-refractivity contribution in [2.45, 2.75) is 50.1 Å². The first-order chi connectivity index (χ1) is 9.21. The van der Waals surface area contributed by atoms with Gasteiger partial charge in [-0.2, -0.15) is 11.8 Å². The molecule has 19 heavy (non-hydrogen) atoms. The first-order valence-electron chi connectivity index (χ1n) is 6.62. The average Bonchev–Trinajstić information content (AvgIpc) is 2.87. The summed E-state index contributed by atoms with van der Waals surface area (Å²) >= 11 is 1.93. The molecule has 1 aromatic rings. The van der Waals surface area contributed by atoms with E-state index in [0.717, 1.165) is 18.1 Å². The second-order valence-corrected chi connectivity index (χ2v) is 6.03. The molecule has 1 heterocycles. The minimum Gasteiger partial charge on any atom is -0.352 e. The molecule has 106 valence electrons. The van der Waals surface area contributed by atoms with E-state index < -0.39 is 0 Å². The minimum absolute atomic E-state index is 0.000993. The third-order valence-electron chi connectivity index (χ3n) is 3.47. The van der Waals surface area contributed by atoms with Crippen LogP contribution in [0.1, 0.15) is 31.4 Å². The summed E-state index contributed by atoms with van der Waals surface area (Å²) in [6, 6.07) is 0.313. The molecule has 0 spiro atoms. The number of nitrogens with zero attached hydrogens (tertiary/aromatic N) is 3. The number of aromatic nitrogens is 3. The van der Waals surface area contributed by atoms with E-state index in [1.807, 2.05) is 11.8 Å². The maximum Gasteiger partial charge on any atom is 0.242 e. The van der Waals surface area contributed by atoms with E-state index in [-0.39, 0.29) is 12.5 Å². The van der Waals surface area contributed by atoms with Gasteiger partial charge in [0.2, 0.25) is 5.91 Å². The maximum absolute atomic E-state index is 11.9. The molecule has 0 saturated heterocycles. The zero-order valence-corrected chi connectivity index (χ0v) is 12.0. The Labute approximate surface area is 117 Å². The summed E-state index contributed by atoms with van der Waals surface area (Å²) in [5.41, 5.74) is 6.15. The van der Waals surface area contributed by atoms with Crippen molar-refractivity contribution < 1.29 is 4.79 Å². The molecule has 1 amide bonds. The van der Waals surface area contributed by atoms with Crippen LogP contribution in [0.25, 0.3) is 0 Å². The third kappa shape index (κ3) is 4.21. The first kappa shape index (κ1) is 14.3. The molecule has 1 aliphatic rings. The van der Waals surface area contributed by atoms with Crippen LogP contribution >= 0.6 is 11.8 Å². The van der Waals surface area contributed by atoms with Crippen molar-refractivity contribution in [3.05, 3.63) is 11.9 Å². The van der Waals surface area contributed by atoms with Gasteiger partial charge in [-0.1, -0.05) is 5.21 Å². The smallest absolute Gasteiger partial charge is 0.242 e. The van der Waals surface area contributed by atoms with E-state index in [4.69, 9.17) is 5.73 Å². The topological polar surface area (TPSA) is 85.8 Å². The summed E-state index contributed by atoms with van der Waals surface area (Å²) in [6.45, 7) is 0.565. The highest BCUT2D eigenvalue weighted by Crippen LogP contribution is 2.26. The fourth-order valence-corrected chi connectivity index (χ4v) is 3.12. The molecule has 0 aliphatic heterocycles. The molecule has 7 heteroatoms. The predicted molar refractivity (Wildman–Crippen MR) is 75.6 cm³/mol. The second kappa shape index (κ2) is 6.91. The van der Waals surface area contributed by atoms with Crippen LogP contribution in [0.5, 0.6) is 0 Å². The van der Waals surface area contributed by atoms with Crippen LogP contribution in [0.3, 0.4) is 0 Å². The van der Waals surface area contributed by atoms with Crippen molar-refractivity contribution in [1.29, 1.82) is 0 Å². The maximum atomic E-state index is 11.9. The zero-order valence-electron chi connectivity index (χ0n) is 11.2. The van der Waals surface area contributed by atoms with Crippen LogP contribution in [0.15, 0.2) is 6.20 Å². The van der Waals surface area contributed by atoms with Crippen LogP contribution in [-0.4, -0.2) is 38.4 Å². The number of carbonyl (C=O) groups excluding carboxylic acids is 1. The molecular weight excluding hydrogens is 262 g/mol. The lowest BCUT2D eigenvalue weighted by molar-refractivity contribution is -0.122. The molecule has 0 unspecified atom stereocenters. The fourth-order valence-electron chi connectivity index (χ4n) is 2.37. The number of hydrogen-bond donors (Lipinski definition) is 2. The number of hydrogen-bond acceptors (Lipinski definition) is 5. The lowest BCUT2D eigenvalue weighted by atomic mass is 9.95. The molecule has 6 nitrogen and oxygen atoms in total. The highest BCUT2D eigenvalue weighted by atomic mass is 32.2. The van der Waals surface area contributed by atoms with E-state index in [9.17, 15) is 4.79 Å².